The minimum Gasteiger partial charge on any atom is -0.481 e. The lowest BCUT2D eigenvalue weighted by atomic mass is 9.98. The minimum atomic E-state index is -0.908. The van der Waals surface area contributed by atoms with Gasteiger partial charge in [-0.2, -0.15) is 0 Å². The Kier molecular flexibility index (Phi) is 7.36. The molecule has 2 aromatic rings. The summed E-state index contributed by atoms with van der Waals surface area (Å²) >= 11 is 0. The first kappa shape index (κ1) is 19.7. The number of hydrogen-bond acceptors (Lipinski definition) is 3. The van der Waals surface area contributed by atoms with E-state index in [0.717, 1.165) is 22.3 Å². The van der Waals surface area contributed by atoms with Gasteiger partial charge < -0.3 is 15.2 Å². The SMILES string of the molecule is COCc1cccc(CC(=O)NCC(Cc2cccc(C)c2)C(=O)O)c1. The van der Waals surface area contributed by atoms with Crippen LogP contribution >= 0.6 is 0 Å². The highest BCUT2D eigenvalue weighted by Gasteiger charge is 2.19. The number of ether oxygens (including phenoxy) is 1. The first-order chi connectivity index (χ1) is 12.5. The van der Waals surface area contributed by atoms with E-state index in [1.54, 1.807) is 7.11 Å². The van der Waals surface area contributed by atoms with Gasteiger partial charge in [0.15, 0.2) is 0 Å². The Bertz CT molecular complexity index is 757. The summed E-state index contributed by atoms with van der Waals surface area (Å²) in [5.74, 6) is -1.75. The van der Waals surface area contributed by atoms with Gasteiger partial charge in [-0.1, -0.05) is 54.1 Å². The van der Waals surface area contributed by atoms with Crippen molar-refractivity contribution in [2.24, 2.45) is 5.92 Å². The lowest BCUT2D eigenvalue weighted by Crippen LogP contribution is -2.34. The third-order valence-electron chi connectivity index (χ3n) is 4.13. The number of methoxy groups -OCH3 is 1. The molecule has 5 heteroatoms. The van der Waals surface area contributed by atoms with Crippen LogP contribution in [0.5, 0.6) is 0 Å². The number of rotatable bonds is 9. The monoisotopic (exact) mass is 355 g/mol. The molecule has 1 unspecified atom stereocenters. The Hall–Kier alpha value is -2.66. The molecular weight excluding hydrogens is 330 g/mol. The maximum atomic E-state index is 12.2. The molecule has 138 valence electrons. The summed E-state index contributed by atoms with van der Waals surface area (Å²) in [5, 5.41) is 12.2. The maximum Gasteiger partial charge on any atom is 0.308 e. The second-order valence-electron chi connectivity index (χ2n) is 6.46. The molecule has 5 nitrogen and oxygen atoms in total. The third-order valence-corrected chi connectivity index (χ3v) is 4.13. The molecule has 0 aliphatic carbocycles. The van der Waals surface area contributed by atoms with Crippen LogP contribution in [0, 0.1) is 12.8 Å². The van der Waals surface area contributed by atoms with Crippen molar-refractivity contribution in [1.29, 1.82) is 0 Å². The summed E-state index contributed by atoms with van der Waals surface area (Å²) in [6.45, 7) is 2.58. The smallest absolute Gasteiger partial charge is 0.308 e. The Morgan fingerprint density at radius 2 is 1.77 bits per heavy atom. The lowest BCUT2D eigenvalue weighted by Gasteiger charge is -2.14. The zero-order chi connectivity index (χ0) is 18.9. The second kappa shape index (κ2) is 9.73. The van der Waals surface area contributed by atoms with Crippen LogP contribution in [0.3, 0.4) is 0 Å². The summed E-state index contributed by atoms with van der Waals surface area (Å²) in [6.07, 6.45) is 0.606. The highest BCUT2D eigenvalue weighted by Crippen LogP contribution is 2.11. The van der Waals surface area contributed by atoms with Gasteiger partial charge in [-0.15, -0.1) is 0 Å². The maximum absolute atomic E-state index is 12.2. The third kappa shape index (κ3) is 6.33. The highest BCUT2D eigenvalue weighted by atomic mass is 16.5. The van der Waals surface area contributed by atoms with Crippen LogP contribution in [0.15, 0.2) is 48.5 Å². The number of carbonyl (C=O) groups excluding carboxylic acids is 1. The minimum absolute atomic E-state index is 0.111. The van der Waals surface area contributed by atoms with E-state index in [1.807, 2.05) is 55.5 Å². The number of aryl methyl sites for hydroxylation is 1. The number of carboxylic acid groups (broad SMARTS) is 1. The average molecular weight is 355 g/mol. The van der Waals surface area contributed by atoms with E-state index in [4.69, 9.17) is 4.74 Å². The van der Waals surface area contributed by atoms with Crippen LogP contribution in [0.2, 0.25) is 0 Å². The Balaban J connectivity index is 1.90. The Morgan fingerprint density at radius 1 is 1.08 bits per heavy atom. The van der Waals surface area contributed by atoms with Crippen molar-refractivity contribution >= 4 is 11.9 Å². The molecule has 0 aliphatic heterocycles. The van der Waals surface area contributed by atoms with Crippen molar-refractivity contribution in [2.45, 2.75) is 26.4 Å². The molecule has 0 aliphatic rings. The fourth-order valence-electron chi connectivity index (χ4n) is 2.85. The summed E-state index contributed by atoms with van der Waals surface area (Å²) in [7, 11) is 1.62. The summed E-state index contributed by atoms with van der Waals surface area (Å²) in [5.41, 5.74) is 3.92. The highest BCUT2D eigenvalue weighted by molar-refractivity contribution is 5.79. The molecule has 2 aromatic carbocycles. The van der Waals surface area contributed by atoms with Gasteiger partial charge in [0.05, 0.1) is 18.9 Å². The van der Waals surface area contributed by atoms with E-state index < -0.39 is 11.9 Å². The first-order valence-corrected chi connectivity index (χ1v) is 8.59. The Labute approximate surface area is 154 Å². The predicted octanol–water partition coefficient (Wildman–Crippen LogP) is 2.74. The molecule has 1 atom stereocenters. The molecule has 0 spiro atoms. The van der Waals surface area contributed by atoms with E-state index in [2.05, 4.69) is 5.32 Å². The molecular formula is C21H25NO4. The van der Waals surface area contributed by atoms with Gasteiger partial charge in [0.2, 0.25) is 5.91 Å². The summed E-state index contributed by atoms with van der Waals surface area (Å²) < 4.78 is 5.09. The number of nitrogens with one attached hydrogen (secondary N) is 1. The van der Waals surface area contributed by atoms with Gasteiger partial charge in [-0.25, -0.2) is 0 Å². The van der Waals surface area contributed by atoms with Crippen molar-refractivity contribution in [1.82, 2.24) is 5.32 Å². The molecule has 26 heavy (non-hydrogen) atoms. The quantitative estimate of drug-likeness (QED) is 0.725. The number of aliphatic carboxylic acids is 1. The van der Waals surface area contributed by atoms with Gasteiger partial charge in [-0.3, -0.25) is 9.59 Å². The molecule has 0 heterocycles. The molecule has 1 amide bonds. The largest absolute Gasteiger partial charge is 0.481 e. The van der Waals surface area contributed by atoms with Crippen LogP contribution in [0.25, 0.3) is 0 Å². The summed E-state index contributed by atoms with van der Waals surface area (Å²) in [6, 6.07) is 15.4. The molecule has 2 N–H and O–H groups in total. The molecule has 0 radical (unpaired) electrons. The predicted molar refractivity (Wildman–Crippen MR) is 99.9 cm³/mol. The number of benzene rings is 2. The van der Waals surface area contributed by atoms with Gasteiger partial charge >= 0.3 is 5.97 Å². The van der Waals surface area contributed by atoms with Gasteiger partial charge in [0, 0.05) is 13.7 Å². The van der Waals surface area contributed by atoms with Crippen LogP contribution < -0.4 is 5.32 Å². The van der Waals surface area contributed by atoms with Crippen LogP contribution in [-0.2, 0) is 33.8 Å². The van der Waals surface area contributed by atoms with Crippen LogP contribution in [0.4, 0.5) is 0 Å². The van der Waals surface area contributed by atoms with Crippen molar-refractivity contribution in [2.75, 3.05) is 13.7 Å². The standard InChI is InChI=1S/C21H25NO4/c1-15-5-3-6-16(9-15)11-19(21(24)25)13-22-20(23)12-17-7-4-8-18(10-17)14-26-2/h3-10,19H,11-14H2,1-2H3,(H,22,23)(H,24,25). The topological polar surface area (TPSA) is 75.6 Å². The van der Waals surface area contributed by atoms with Gasteiger partial charge in [0.25, 0.3) is 0 Å². The van der Waals surface area contributed by atoms with E-state index in [9.17, 15) is 14.7 Å². The van der Waals surface area contributed by atoms with E-state index in [1.165, 1.54) is 0 Å². The van der Waals surface area contributed by atoms with Crippen molar-refractivity contribution in [3.05, 3.63) is 70.8 Å². The van der Waals surface area contributed by atoms with E-state index >= 15 is 0 Å². The zero-order valence-electron chi connectivity index (χ0n) is 15.2. The number of carbonyl (C=O) groups is 2. The molecule has 0 fully saturated rings. The molecule has 0 bridgehead atoms. The van der Waals surface area contributed by atoms with E-state index in [-0.39, 0.29) is 18.9 Å². The van der Waals surface area contributed by atoms with Gasteiger partial charge in [0.1, 0.15) is 0 Å². The number of amides is 1. The second-order valence-corrected chi connectivity index (χ2v) is 6.46. The normalized spacial score (nSPS) is 11.8. The zero-order valence-corrected chi connectivity index (χ0v) is 15.2. The molecule has 0 aromatic heterocycles. The van der Waals surface area contributed by atoms with E-state index in [0.29, 0.717) is 13.0 Å². The lowest BCUT2D eigenvalue weighted by molar-refractivity contribution is -0.141. The van der Waals surface area contributed by atoms with Crippen molar-refractivity contribution in [3.8, 4) is 0 Å². The fourth-order valence-corrected chi connectivity index (χ4v) is 2.85. The number of hydrogen-bond donors (Lipinski definition) is 2. The van der Waals surface area contributed by atoms with Crippen molar-refractivity contribution in [3.63, 3.8) is 0 Å². The first-order valence-electron chi connectivity index (χ1n) is 8.59. The van der Waals surface area contributed by atoms with Gasteiger partial charge in [-0.05, 0) is 30.0 Å². The van der Waals surface area contributed by atoms with Crippen LogP contribution in [-0.4, -0.2) is 30.6 Å². The van der Waals surface area contributed by atoms with Crippen molar-refractivity contribution < 1.29 is 19.4 Å². The molecule has 0 saturated heterocycles. The summed E-state index contributed by atoms with van der Waals surface area (Å²) in [4.78, 5) is 23.7. The average Bonchev–Trinajstić information content (AvgIpc) is 2.59. The van der Waals surface area contributed by atoms with Crippen LogP contribution in [0.1, 0.15) is 22.3 Å². The molecule has 0 saturated carbocycles. The number of carboxylic acids is 1. The molecule has 2 rings (SSSR count). The Morgan fingerprint density at radius 3 is 2.46 bits per heavy atom. The fraction of sp³-hybridized carbons (Fsp3) is 0.333.